The number of carbonyl (C=O) groups excluding carboxylic acids is 2. The minimum absolute atomic E-state index is 0.0155. The molecule has 0 aliphatic carbocycles. The summed E-state index contributed by atoms with van der Waals surface area (Å²) in [5.74, 6) is -0.303. The zero-order valence-electron chi connectivity index (χ0n) is 11.9. The molecule has 0 aliphatic rings. The van der Waals surface area contributed by atoms with Gasteiger partial charge in [-0.05, 0) is 37.2 Å². The Morgan fingerprint density at radius 1 is 1.05 bits per heavy atom. The van der Waals surface area contributed by atoms with Crippen molar-refractivity contribution in [1.29, 1.82) is 0 Å². The van der Waals surface area contributed by atoms with Gasteiger partial charge in [0.1, 0.15) is 6.61 Å². The molecule has 110 valence electrons. The van der Waals surface area contributed by atoms with E-state index in [0.717, 1.165) is 13.0 Å². The highest BCUT2D eigenvalue weighted by molar-refractivity contribution is 5.94. The Kier molecular flexibility index (Phi) is 7.31. The molecule has 0 bridgehead atoms. The van der Waals surface area contributed by atoms with Crippen LogP contribution in [-0.4, -0.2) is 38.6 Å². The average molecular weight is 279 g/mol. The van der Waals surface area contributed by atoms with Crippen LogP contribution < -0.4 is 16.0 Å². The molecule has 2 amide bonds. The minimum Gasteiger partial charge on any atom is -0.375 e. The summed E-state index contributed by atoms with van der Waals surface area (Å²) < 4.78 is 4.72. The lowest BCUT2D eigenvalue weighted by molar-refractivity contribution is -0.119. The summed E-state index contributed by atoms with van der Waals surface area (Å²) in [5, 5.41) is 8.47. The number of methoxy groups -OCH3 is 1. The molecule has 0 unspecified atom stereocenters. The number of rotatable bonds is 8. The molecule has 1 aromatic rings. The number of nitrogens with one attached hydrogen (secondary N) is 3. The van der Waals surface area contributed by atoms with Crippen LogP contribution in [0.1, 0.15) is 13.3 Å². The van der Waals surface area contributed by atoms with Crippen LogP contribution in [-0.2, 0) is 14.3 Å². The van der Waals surface area contributed by atoms with Crippen molar-refractivity contribution in [3.63, 3.8) is 0 Å². The standard InChI is InChI=1S/C14H21N3O3/c1-3-8-15-9-13(18)16-11-4-6-12(7-5-11)17-14(19)10-20-2/h4-7,15H,3,8-10H2,1-2H3,(H,16,18)(H,17,19). The zero-order valence-corrected chi connectivity index (χ0v) is 11.9. The lowest BCUT2D eigenvalue weighted by atomic mass is 10.2. The molecule has 0 aromatic heterocycles. The number of amides is 2. The Morgan fingerprint density at radius 2 is 1.60 bits per heavy atom. The fraction of sp³-hybridized carbons (Fsp3) is 0.429. The summed E-state index contributed by atoms with van der Waals surface area (Å²) in [6.45, 7) is 3.17. The number of ether oxygens (including phenoxy) is 1. The maximum atomic E-state index is 11.6. The van der Waals surface area contributed by atoms with Crippen molar-refractivity contribution >= 4 is 23.2 Å². The first-order valence-corrected chi connectivity index (χ1v) is 6.55. The smallest absolute Gasteiger partial charge is 0.250 e. The zero-order chi connectivity index (χ0) is 14.8. The molecule has 0 aliphatic heterocycles. The highest BCUT2D eigenvalue weighted by Crippen LogP contribution is 2.13. The van der Waals surface area contributed by atoms with E-state index in [-0.39, 0.29) is 18.4 Å². The number of carbonyl (C=O) groups is 2. The van der Waals surface area contributed by atoms with Crippen LogP contribution in [0.5, 0.6) is 0 Å². The van der Waals surface area contributed by atoms with Crippen LogP contribution in [0.4, 0.5) is 11.4 Å². The molecule has 0 atom stereocenters. The largest absolute Gasteiger partial charge is 0.375 e. The Morgan fingerprint density at radius 3 is 2.10 bits per heavy atom. The van der Waals surface area contributed by atoms with Crippen LogP contribution in [0.25, 0.3) is 0 Å². The predicted octanol–water partition coefficient (Wildman–Crippen LogP) is 1.21. The Labute approximate surface area is 118 Å². The quantitative estimate of drug-likeness (QED) is 0.625. The maximum Gasteiger partial charge on any atom is 0.250 e. The second-order valence-electron chi connectivity index (χ2n) is 4.28. The number of anilines is 2. The van der Waals surface area contributed by atoms with Gasteiger partial charge in [0, 0.05) is 18.5 Å². The topological polar surface area (TPSA) is 79.5 Å². The van der Waals surface area contributed by atoms with Gasteiger partial charge in [-0.1, -0.05) is 6.92 Å². The van der Waals surface area contributed by atoms with E-state index in [1.165, 1.54) is 7.11 Å². The normalized spacial score (nSPS) is 10.1. The van der Waals surface area contributed by atoms with Gasteiger partial charge in [0.2, 0.25) is 11.8 Å². The van der Waals surface area contributed by atoms with Crippen LogP contribution in [0, 0.1) is 0 Å². The van der Waals surface area contributed by atoms with E-state index in [0.29, 0.717) is 17.9 Å². The molecule has 3 N–H and O–H groups in total. The molecule has 1 aromatic carbocycles. The van der Waals surface area contributed by atoms with Crippen molar-refractivity contribution in [2.75, 3.05) is 37.4 Å². The molecule has 20 heavy (non-hydrogen) atoms. The van der Waals surface area contributed by atoms with Gasteiger partial charge in [0.25, 0.3) is 0 Å². The highest BCUT2D eigenvalue weighted by Gasteiger charge is 2.03. The number of hydrogen-bond donors (Lipinski definition) is 3. The first kappa shape index (κ1) is 16.1. The van der Waals surface area contributed by atoms with Gasteiger partial charge < -0.3 is 20.7 Å². The third kappa shape index (κ3) is 6.31. The lowest BCUT2D eigenvalue weighted by Gasteiger charge is -2.08. The Balaban J connectivity index is 2.42. The van der Waals surface area contributed by atoms with Gasteiger partial charge in [-0.2, -0.15) is 0 Å². The van der Waals surface area contributed by atoms with Crippen molar-refractivity contribution < 1.29 is 14.3 Å². The maximum absolute atomic E-state index is 11.6. The van der Waals surface area contributed by atoms with Crippen molar-refractivity contribution in [1.82, 2.24) is 5.32 Å². The summed E-state index contributed by atoms with van der Waals surface area (Å²) in [6.07, 6.45) is 0.989. The summed E-state index contributed by atoms with van der Waals surface area (Å²) >= 11 is 0. The molecule has 0 saturated heterocycles. The summed E-state index contributed by atoms with van der Waals surface area (Å²) in [5.41, 5.74) is 1.35. The van der Waals surface area contributed by atoms with Gasteiger partial charge in [-0.15, -0.1) is 0 Å². The highest BCUT2D eigenvalue weighted by atomic mass is 16.5. The van der Waals surface area contributed by atoms with Gasteiger partial charge in [-0.3, -0.25) is 9.59 Å². The number of hydrogen-bond acceptors (Lipinski definition) is 4. The summed E-state index contributed by atoms with van der Waals surface area (Å²) in [7, 11) is 1.46. The van der Waals surface area contributed by atoms with Gasteiger partial charge in [0.05, 0.1) is 6.54 Å². The lowest BCUT2D eigenvalue weighted by Crippen LogP contribution is -2.28. The van der Waals surface area contributed by atoms with E-state index in [4.69, 9.17) is 4.74 Å². The van der Waals surface area contributed by atoms with Gasteiger partial charge in [0.15, 0.2) is 0 Å². The van der Waals surface area contributed by atoms with E-state index >= 15 is 0 Å². The fourth-order valence-corrected chi connectivity index (χ4v) is 1.55. The van der Waals surface area contributed by atoms with Gasteiger partial charge in [-0.25, -0.2) is 0 Å². The van der Waals surface area contributed by atoms with Crippen LogP contribution >= 0.6 is 0 Å². The number of benzene rings is 1. The predicted molar refractivity (Wildman–Crippen MR) is 78.7 cm³/mol. The van der Waals surface area contributed by atoms with Crippen molar-refractivity contribution in [2.45, 2.75) is 13.3 Å². The summed E-state index contributed by atoms with van der Waals surface area (Å²) in [4.78, 5) is 22.9. The molecule has 6 nitrogen and oxygen atoms in total. The average Bonchev–Trinajstić information content (AvgIpc) is 2.41. The van der Waals surface area contributed by atoms with Crippen LogP contribution in [0.15, 0.2) is 24.3 Å². The van der Waals surface area contributed by atoms with Crippen LogP contribution in [0.3, 0.4) is 0 Å². The third-order valence-electron chi connectivity index (χ3n) is 2.44. The van der Waals surface area contributed by atoms with Crippen molar-refractivity contribution in [3.8, 4) is 0 Å². The molecular formula is C14H21N3O3. The van der Waals surface area contributed by atoms with E-state index in [9.17, 15) is 9.59 Å². The molecule has 0 heterocycles. The van der Waals surface area contributed by atoms with E-state index in [1.807, 2.05) is 6.92 Å². The van der Waals surface area contributed by atoms with E-state index in [2.05, 4.69) is 16.0 Å². The first-order valence-electron chi connectivity index (χ1n) is 6.55. The summed E-state index contributed by atoms with van der Waals surface area (Å²) in [6, 6.07) is 6.92. The monoisotopic (exact) mass is 279 g/mol. The molecule has 1 rings (SSSR count). The minimum atomic E-state index is -0.215. The van der Waals surface area contributed by atoms with Crippen molar-refractivity contribution in [2.24, 2.45) is 0 Å². The molecular weight excluding hydrogens is 258 g/mol. The molecule has 6 heteroatoms. The SMILES string of the molecule is CCCNCC(=O)Nc1ccc(NC(=O)COC)cc1. The van der Waals surface area contributed by atoms with E-state index < -0.39 is 0 Å². The van der Waals surface area contributed by atoms with E-state index in [1.54, 1.807) is 24.3 Å². The van der Waals surface area contributed by atoms with Crippen molar-refractivity contribution in [3.05, 3.63) is 24.3 Å². The Hall–Kier alpha value is -1.92. The first-order chi connectivity index (χ1) is 9.65. The second-order valence-corrected chi connectivity index (χ2v) is 4.28. The van der Waals surface area contributed by atoms with Crippen LogP contribution in [0.2, 0.25) is 0 Å². The third-order valence-corrected chi connectivity index (χ3v) is 2.44. The second kappa shape index (κ2) is 9.06. The molecule has 0 radical (unpaired) electrons. The molecule has 0 spiro atoms. The Bertz CT molecular complexity index is 432. The molecule has 0 saturated carbocycles. The molecule has 0 fully saturated rings. The van der Waals surface area contributed by atoms with Gasteiger partial charge >= 0.3 is 0 Å². The fourth-order valence-electron chi connectivity index (χ4n) is 1.55.